The van der Waals surface area contributed by atoms with Crippen molar-refractivity contribution in [3.8, 4) is 0 Å². The molecule has 0 aliphatic carbocycles. The second kappa shape index (κ2) is 3.15. The molecule has 0 aliphatic rings. The van der Waals surface area contributed by atoms with E-state index in [1.165, 1.54) is 6.07 Å². The Hall–Kier alpha value is -0.710. The zero-order valence-corrected chi connectivity index (χ0v) is 9.12. The molecule has 2 aromatic rings. The number of hydrogen-bond acceptors (Lipinski definition) is 2. The minimum atomic E-state index is -3.78. The van der Waals surface area contributed by atoms with Crippen LogP contribution < -0.4 is 0 Å². The van der Waals surface area contributed by atoms with Gasteiger partial charge in [-0.05, 0) is 18.2 Å². The molecule has 1 N–H and O–H groups in total. The molecular weight excluding hydrogens is 245 g/mol. The van der Waals surface area contributed by atoms with Crippen LogP contribution in [0.1, 0.15) is 0 Å². The Bertz CT molecular complexity index is 588. The smallest absolute Gasteiger partial charge is 0.262 e. The second-order valence-electron chi connectivity index (χ2n) is 2.79. The van der Waals surface area contributed by atoms with Crippen molar-refractivity contribution in [1.82, 2.24) is 4.98 Å². The van der Waals surface area contributed by atoms with Gasteiger partial charge in [-0.1, -0.05) is 11.6 Å². The van der Waals surface area contributed by atoms with E-state index in [-0.39, 0.29) is 9.92 Å². The summed E-state index contributed by atoms with van der Waals surface area (Å²) in [6.07, 6.45) is 1.70. The van der Waals surface area contributed by atoms with Crippen LogP contribution in [0.2, 0.25) is 5.02 Å². The molecule has 0 spiro atoms. The number of aromatic amines is 1. The second-order valence-corrected chi connectivity index (χ2v) is 5.73. The number of benzene rings is 1. The highest BCUT2D eigenvalue weighted by Crippen LogP contribution is 2.28. The van der Waals surface area contributed by atoms with Crippen molar-refractivity contribution >= 4 is 42.2 Å². The summed E-state index contributed by atoms with van der Waals surface area (Å²) in [4.78, 5) is 2.80. The lowest BCUT2D eigenvalue weighted by Crippen LogP contribution is -1.91. The number of rotatable bonds is 1. The van der Waals surface area contributed by atoms with E-state index >= 15 is 0 Å². The minimum absolute atomic E-state index is 0.0733. The SMILES string of the molecule is O=S(=O)(Cl)c1cc2[nH]ccc2cc1Cl. The average Bonchev–Trinajstić information content (AvgIpc) is 2.47. The molecule has 0 radical (unpaired) electrons. The Balaban J connectivity index is 2.84. The molecule has 74 valence electrons. The van der Waals surface area contributed by atoms with Crippen LogP contribution in [0, 0.1) is 0 Å². The monoisotopic (exact) mass is 249 g/mol. The molecule has 0 fully saturated rings. The Morgan fingerprint density at radius 3 is 2.64 bits per heavy atom. The van der Waals surface area contributed by atoms with E-state index in [2.05, 4.69) is 4.98 Å². The molecule has 2 rings (SSSR count). The summed E-state index contributed by atoms with van der Waals surface area (Å²) in [5.74, 6) is 0. The predicted molar refractivity (Wildman–Crippen MR) is 56.3 cm³/mol. The Morgan fingerprint density at radius 2 is 2.00 bits per heavy atom. The normalized spacial score (nSPS) is 12.1. The van der Waals surface area contributed by atoms with E-state index in [0.717, 1.165) is 5.39 Å². The van der Waals surface area contributed by atoms with Crippen LogP contribution in [0.15, 0.2) is 29.3 Å². The van der Waals surface area contributed by atoms with Gasteiger partial charge in [0.1, 0.15) is 4.90 Å². The fourth-order valence-corrected chi connectivity index (χ4v) is 2.77. The van der Waals surface area contributed by atoms with Crippen LogP contribution in [-0.2, 0) is 9.05 Å². The molecule has 14 heavy (non-hydrogen) atoms. The maximum atomic E-state index is 11.1. The molecule has 0 unspecified atom stereocenters. The number of aromatic nitrogens is 1. The van der Waals surface area contributed by atoms with Crippen molar-refractivity contribution in [2.45, 2.75) is 4.90 Å². The third-order valence-electron chi connectivity index (χ3n) is 1.87. The van der Waals surface area contributed by atoms with Crippen LogP contribution >= 0.6 is 22.3 Å². The van der Waals surface area contributed by atoms with Crippen molar-refractivity contribution in [1.29, 1.82) is 0 Å². The summed E-state index contributed by atoms with van der Waals surface area (Å²) in [6.45, 7) is 0. The fourth-order valence-electron chi connectivity index (χ4n) is 1.24. The third-order valence-corrected chi connectivity index (χ3v) is 3.66. The summed E-state index contributed by atoms with van der Waals surface area (Å²) >= 11 is 5.77. The molecule has 0 amide bonds. The van der Waals surface area contributed by atoms with Gasteiger partial charge in [0.25, 0.3) is 9.05 Å². The highest BCUT2D eigenvalue weighted by atomic mass is 35.7. The van der Waals surface area contributed by atoms with E-state index in [0.29, 0.717) is 5.52 Å². The Morgan fingerprint density at radius 1 is 1.29 bits per heavy atom. The molecular formula is C8H5Cl2NO2S. The van der Waals surface area contributed by atoms with Crippen LogP contribution in [0.25, 0.3) is 10.9 Å². The number of H-pyrrole nitrogens is 1. The number of fused-ring (bicyclic) bond motifs is 1. The van der Waals surface area contributed by atoms with Gasteiger partial charge in [-0.25, -0.2) is 8.42 Å². The topological polar surface area (TPSA) is 49.9 Å². The van der Waals surface area contributed by atoms with Gasteiger partial charge in [-0.2, -0.15) is 0 Å². The summed E-state index contributed by atoms with van der Waals surface area (Å²) in [5, 5.41) is 0.978. The molecule has 1 aromatic heterocycles. The molecule has 0 saturated carbocycles. The molecule has 3 nitrogen and oxygen atoms in total. The molecule has 1 heterocycles. The highest BCUT2D eigenvalue weighted by Gasteiger charge is 2.15. The number of nitrogens with one attached hydrogen (secondary N) is 1. The van der Waals surface area contributed by atoms with Gasteiger partial charge >= 0.3 is 0 Å². The molecule has 0 bridgehead atoms. The lowest BCUT2D eigenvalue weighted by Gasteiger charge is -1.99. The molecule has 0 atom stereocenters. The first-order valence-corrected chi connectivity index (χ1v) is 6.38. The molecule has 0 saturated heterocycles. The van der Waals surface area contributed by atoms with Gasteiger partial charge in [0.15, 0.2) is 0 Å². The largest absolute Gasteiger partial charge is 0.361 e. The zero-order valence-electron chi connectivity index (χ0n) is 6.79. The molecule has 6 heteroatoms. The zero-order chi connectivity index (χ0) is 10.3. The Labute approximate surface area is 90.1 Å². The van der Waals surface area contributed by atoms with Crippen LogP contribution in [0.4, 0.5) is 0 Å². The lowest BCUT2D eigenvalue weighted by atomic mass is 10.2. The van der Waals surface area contributed by atoms with E-state index in [1.54, 1.807) is 18.3 Å². The summed E-state index contributed by atoms with van der Waals surface area (Å²) < 4.78 is 22.2. The van der Waals surface area contributed by atoms with Crippen LogP contribution in [-0.4, -0.2) is 13.4 Å². The van der Waals surface area contributed by atoms with Gasteiger partial charge < -0.3 is 4.98 Å². The van der Waals surface area contributed by atoms with Gasteiger partial charge in [0.05, 0.1) is 5.02 Å². The lowest BCUT2D eigenvalue weighted by molar-refractivity contribution is 0.610. The van der Waals surface area contributed by atoms with Gasteiger partial charge in [-0.3, -0.25) is 0 Å². The first kappa shape index (κ1) is 9.83. The number of hydrogen-bond donors (Lipinski definition) is 1. The van der Waals surface area contributed by atoms with Crippen molar-refractivity contribution < 1.29 is 8.42 Å². The van der Waals surface area contributed by atoms with Crippen molar-refractivity contribution in [2.24, 2.45) is 0 Å². The highest BCUT2D eigenvalue weighted by molar-refractivity contribution is 8.13. The quantitative estimate of drug-likeness (QED) is 0.791. The van der Waals surface area contributed by atoms with E-state index in [1.807, 2.05) is 0 Å². The van der Waals surface area contributed by atoms with Crippen LogP contribution in [0.3, 0.4) is 0 Å². The van der Waals surface area contributed by atoms with Gasteiger partial charge in [0, 0.05) is 27.8 Å². The van der Waals surface area contributed by atoms with Crippen molar-refractivity contribution in [3.05, 3.63) is 29.4 Å². The van der Waals surface area contributed by atoms with E-state index in [4.69, 9.17) is 22.3 Å². The van der Waals surface area contributed by atoms with Crippen molar-refractivity contribution in [3.63, 3.8) is 0 Å². The van der Waals surface area contributed by atoms with Gasteiger partial charge in [-0.15, -0.1) is 0 Å². The first-order valence-electron chi connectivity index (χ1n) is 3.70. The summed E-state index contributed by atoms with van der Waals surface area (Å²) in [5.41, 5.74) is 0.689. The molecule has 1 aromatic carbocycles. The van der Waals surface area contributed by atoms with Crippen LogP contribution in [0.5, 0.6) is 0 Å². The Kier molecular flexibility index (Phi) is 2.21. The average molecular weight is 250 g/mol. The first-order chi connectivity index (χ1) is 6.48. The van der Waals surface area contributed by atoms with E-state index in [9.17, 15) is 8.42 Å². The maximum Gasteiger partial charge on any atom is 0.262 e. The predicted octanol–water partition coefficient (Wildman–Crippen LogP) is 2.75. The van der Waals surface area contributed by atoms with Crippen molar-refractivity contribution in [2.75, 3.05) is 0 Å². The standard InChI is InChI=1S/C8H5Cl2NO2S/c9-6-3-5-1-2-11-7(5)4-8(6)14(10,12)13/h1-4,11H. The fraction of sp³-hybridized carbons (Fsp3) is 0. The van der Waals surface area contributed by atoms with Gasteiger partial charge in [0.2, 0.25) is 0 Å². The third kappa shape index (κ3) is 1.61. The molecule has 0 aliphatic heterocycles. The van der Waals surface area contributed by atoms with E-state index < -0.39 is 9.05 Å². The maximum absolute atomic E-state index is 11.1. The number of halogens is 2. The summed E-state index contributed by atoms with van der Waals surface area (Å²) in [7, 11) is 1.42. The summed E-state index contributed by atoms with van der Waals surface area (Å²) in [6, 6.07) is 4.77. The minimum Gasteiger partial charge on any atom is -0.361 e.